The molecule has 26 heavy (non-hydrogen) atoms. The maximum atomic E-state index is 13.0. The van der Waals surface area contributed by atoms with Crippen molar-refractivity contribution in [3.05, 3.63) is 75.6 Å². The first-order chi connectivity index (χ1) is 12.2. The van der Waals surface area contributed by atoms with E-state index in [1.165, 1.54) is 12.1 Å². The summed E-state index contributed by atoms with van der Waals surface area (Å²) in [5.41, 5.74) is 2.37. The third-order valence-electron chi connectivity index (χ3n) is 3.84. The molecule has 1 aromatic heterocycles. The van der Waals surface area contributed by atoms with E-state index in [1.807, 2.05) is 13.0 Å². The van der Waals surface area contributed by atoms with Crippen LogP contribution in [0.1, 0.15) is 16.7 Å². The standard InChI is InChI=1S/C18H17BrFN3O2S/c1-12-3-4-13(2)17(9-12)26(24,25)22-18-16(19)11-23(21-18)10-14-5-7-15(20)8-6-14/h3-9,11H,10H2,1-2H3,(H,21,22). The largest absolute Gasteiger partial charge is 0.265 e. The minimum absolute atomic E-state index is 0.202. The summed E-state index contributed by atoms with van der Waals surface area (Å²) in [4.78, 5) is 0.220. The van der Waals surface area contributed by atoms with Gasteiger partial charge in [-0.2, -0.15) is 5.10 Å². The molecule has 0 radical (unpaired) electrons. The molecule has 136 valence electrons. The molecule has 0 spiro atoms. The Hall–Kier alpha value is -2.19. The smallest absolute Gasteiger partial charge is 0.263 e. The highest BCUT2D eigenvalue weighted by Crippen LogP contribution is 2.25. The molecule has 1 N–H and O–H groups in total. The van der Waals surface area contributed by atoms with Crippen LogP contribution in [-0.4, -0.2) is 18.2 Å². The van der Waals surface area contributed by atoms with Gasteiger partial charge in [0.2, 0.25) is 0 Å². The first kappa shape index (κ1) is 18.6. The average Bonchev–Trinajstić information content (AvgIpc) is 2.90. The van der Waals surface area contributed by atoms with Crippen LogP contribution in [-0.2, 0) is 16.6 Å². The Morgan fingerprint density at radius 2 is 1.85 bits per heavy atom. The quantitative estimate of drug-likeness (QED) is 0.648. The molecule has 3 rings (SSSR count). The van der Waals surface area contributed by atoms with Crippen molar-refractivity contribution in [2.75, 3.05) is 4.72 Å². The van der Waals surface area contributed by atoms with Gasteiger partial charge in [0.1, 0.15) is 5.82 Å². The van der Waals surface area contributed by atoms with Crippen LogP contribution >= 0.6 is 15.9 Å². The lowest BCUT2D eigenvalue weighted by atomic mass is 10.2. The molecule has 0 unspecified atom stereocenters. The van der Waals surface area contributed by atoms with Crippen molar-refractivity contribution in [1.29, 1.82) is 0 Å². The molecule has 0 aliphatic heterocycles. The van der Waals surface area contributed by atoms with Gasteiger partial charge in [-0.1, -0.05) is 24.3 Å². The predicted molar refractivity (Wildman–Crippen MR) is 102 cm³/mol. The number of aryl methyl sites for hydroxylation is 2. The molecule has 2 aromatic carbocycles. The van der Waals surface area contributed by atoms with Crippen LogP contribution in [0, 0.1) is 19.7 Å². The molecule has 8 heteroatoms. The maximum absolute atomic E-state index is 13.0. The van der Waals surface area contributed by atoms with Gasteiger partial charge in [0.05, 0.1) is 15.9 Å². The highest BCUT2D eigenvalue weighted by atomic mass is 79.9. The zero-order valence-electron chi connectivity index (χ0n) is 14.2. The zero-order valence-corrected chi connectivity index (χ0v) is 16.6. The van der Waals surface area contributed by atoms with Crippen molar-refractivity contribution in [3.63, 3.8) is 0 Å². The molecular formula is C18H17BrFN3O2S. The molecule has 0 amide bonds. The van der Waals surface area contributed by atoms with E-state index in [2.05, 4.69) is 25.8 Å². The number of aromatic nitrogens is 2. The van der Waals surface area contributed by atoms with Crippen LogP contribution in [0.25, 0.3) is 0 Å². The number of benzene rings is 2. The normalized spacial score (nSPS) is 11.5. The molecular weight excluding hydrogens is 421 g/mol. The van der Waals surface area contributed by atoms with E-state index in [9.17, 15) is 12.8 Å². The van der Waals surface area contributed by atoms with Crippen LogP contribution in [0.5, 0.6) is 0 Å². The summed E-state index contributed by atoms with van der Waals surface area (Å²) in [6.07, 6.45) is 1.67. The molecule has 0 atom stereocenters. The van der Waals surface area contributed by atoms with Crippen LogP contribution in [0.3, 0.4) is 0 Å². The SMILES string of the molecule is Cc1ccc(C)c(S(=O)(=O)Nc2nn(Cc3ccc(F)cc3)cc2Br)c1. The van der Waals surface area contributed by atoms with Crippen LogP contribution in [0.2, 0.25) is 0 Å². The number of anilines is 1. The minimum Gasteiger partial charge on any atom is -0.265 e. The molecule has 0 saturated heterocycles. The van der Waals surface area contributed by atoms with E-state index in [0.717, 1.165) is 11.1 Å². The lowest BCUT2D eigenvalue weighted by Crippen LogP contribution is -2.15. The van der Waals surface area contributed by atoms with E-state index in [-0.39, 0.29) is 16.5 Å². The summed E-state index contributed by atoms with van der Waals surface area (Å²) in [7, 11) is -3.76. The molecule has 1 heterocycles. The summed E-state index contributed by atoms with van der Waals surface area (Å²) in [5.74, 6) is -0.106. The Balaban J connectivity index is 1.85. The Morgan fingerprint density at radius 1 is 1.15 bits per heavy atom. The Kier molecular flexibility index (Phi) is 5.15. The van der Waals surface area contributed by atoms with Crippen LogP contribution in [0.4, 0.5) is 10.2 Å². The van der Waals surface area contributed by atoms with E-state index in [1.54, 1.807) is 42.1 Å². The molecule has 0 fully saturated rings. The second kappa shape index (κ2) is 7.20. The van der Waals surface area contributed by atoms with Gasteiger partial charge in [-0.15, -0.1) is 0 Å². The number of halogens is 2. The summed E-state index contributed by atoms with van der Waals surface area (Å²) in [6.45, 7) is 3.98. The topological polar surface area (TPSA) is 64.0 Å². The van der Waals surface area contributed by atoms with Gasteiger partial charge in [0.15, 0.2) is 5.82 Å². The van der Waals surface area contributed by atoms with Crippen molar-refractivity contribution in [1.82, 2.24) is 9.78 Å². The fraction of sp³-hybridized carbons (Fsp3) is 0.167. The second-order valence-corrected chi connectivity index (χ2v) is 8.53. The molecule has 0 aliphatic carbocycles. The second-order valence-electron chi connectivity index (χ2n) is 6.02. The maximum Gasteiger partial charge on any atom is 0.263 e. The van der Waals surface area contributed by atoms with Gasteiger partial charge in [0, 0.05) is 6.20 Å². The number of nitrogens with zero attached hydrogens (tertiary/aromatic N) is 2. The first-order valence-electron chi connectivity index (χ1n) is 7.82. The van der Waals surface area contributed by atoms with Crippen molar-refractivity contribution < 1.29 is 12.8 Å². The lowest BCUT2D eigenvalue weighted by Gasteiger charge is -2.09. The number of hydrogen-bond donors (Lipinski definition) is 1. The Bertz CT molecular complexity index is 1050. The van der Waals surface area contributed by atoms with Crippen molar-refractivity contribution in [2.24, 2.45) is 0 Å². The zero-order chi connectivity index (χ0) is 18.9. The number of rotatable bonds is 5. The summed E-state index contributed by atoms with van der Waals surface area (Å²) in [6, 6.07) is 11.3. The van der Waals surface area contributed by atoms with E-state index < -0.39 is 10.0 Å². The molecule has 3 aromatic rings. The summed E-state index contributed by atoms with van der Waals surface area (Å²) >= 11 is 3.33. The van der Waals surface area contributed by atoms with Gasteiger partial charge in [-0.25, -0.2) is 12.8 Å². The minimum atomic E-state index is -3.76. The number of nitrogens with one attached hydrogen (secondary N) is 1. The predicted octanol–water partition coefficient (Wildman–Crippen LogP) is 4.25. The van der Waals surface area contributed by atoms with E-state index in [0.29, 0.717) is 16.6 Å². The Labute approximate surface area is 160 Å². The van der Waals surface area contributed by atoms with Gasteiger partial charge >= 0.3 is 0 Å². The van der Waals surface area contributed by atoms with Gasteiger partial charge in [-0.3, -0.25) is 9.40 Å². The highest BCUT2D eigenvalue weighted by Gasteiger charge is 2.20. The van der Waals surface area contributed by atoms with E-state index >= 15 is 0 Å². The van der Waals surface area contributed by atoms with Gasteiger partial charge in [-0.05, 0) is 64.7 Å². The Morgan fingerprint density at radius 3 is 2.54 bits per heavy atom. The van der Waals surface area contributed by atoms with Crippen molar-refractivity contribution >= 4 is 31.8 Å². The van der Waals surface area contributed by atoms with Crippen LogP contribution in [0.15, 0.2) is 58.0 Å². The fourth-order valence-corrected chi connectivity index (χ4v) is 4.40. The fourth-order valence-electron chi connectivity index (χ4n) is 2.50. The molecule has 5 nitrogen and oxygen atoms in total. The number of hydrogen-bond acceptors (Lipinski definition) is 3. The van der Waals surface area contributed by atoms with Crippen molar-refractivity contribution in [3.8, 4) is 0 Å². The third kappa shape index (κ3) is 4.13. The highest BCUT2D eigenvalue weighted by molar-refractivity contribution is 9.10. The molecule has 0 aliphatic rings. The monoisotopic (exact) mass is 437 g/mol. The molecule has 0 saturated carbocycles. The van der Waals surface area contributed by atoms with Crippen molar-refractivity contribution in [2.45, 2.75) is 25.3 Å². The number of sulfonamides is 1. The summed E-state index contributed by atoms with van der Waals surface area (Å²) < 4.78 is 43.0. The third-order valence-corrected chi connectivity index (χ3v) is 5.90. The summed E-state index contributed by atoms with van der Waals surface area (Å²) in [5, 5.41) is 4.28. The van der Waals surface area contributed by atoms with Crippen LogP contribution < -0.4 is 4.72 Å². The average molecular weight is 438 g/mol. The van der Waals surface area contributed by atoms with E-state index in [4.69, 9.17) is 0 Å². The molecule has 0 bridgehead atoms. The van der Waals surface area contributed by atoms with Gasteiger partial charge in [0.25, 0.3) is 10.0 Å². The first-order valence-corrected chi connectivity index (χ1v) is 10.1. The van der Waals surface area contributed by atoms with Gasteiger partial charge < -0.3 is 0 Å². The lowest BCUT2D eigenvalue weighted by molar-refractivity contribution is 0.600.